The molecular formula is C18H21N5O3. The van der Waals surface area contributed by atoms with Gasteiger partial charge in [-0.2, -0.15) is 0 Å². The summed E-state index contributed by atoms with van der Waals surface area (Å²) in [6.45, 7) is 1.89. The monoisotopic (exact) mass is 355 g/mol. The highest BCUT2D eigenvalue weighted by atomic mass is 16.5. The summed E-state index contributed by atoms with van der Waals surface area (Å²) in [5.74, 6) is 0.702. The highest BCUT2D eigenvalue weighted by molar-refractivity contribution is 5.89. The lowest BCUT2D eigenvalue weighted by Gasteiger charge is -2.30. The van der Waals surface area contributed by atoms with Gasteiger partial charge in [0.2, 0.25) is 11.8 Å². The number of hydrogen-bond donors (Lipinski definition) is 3. The van der Waals surface area contributed by atoms with Crippen LogP contribution in [0.15, 0.2) is 42.7 Å². The average molecular weight is 355 g/mol. The smallest absolute Gasteiger partial charge is 0.238 e. The van der Waals surface area contributed by atoms with Gasteiger partial charge in [0.25, 0.3) is 0 Å². The van der Waals surface area contributed by atoms with Crippen LogP contribution in [-0.2, 0) is 9.59 Å². The molecule has 2 heterocycles. The molecule has 0 aliphatic carbocycles. The molecule has 1 aliphatic rings. The van der Waals surface area contributed by atoms with Gasteiger partial charge >= 0.3 is 0 Å². The molecule has 2 aromatic rings. The molecule has 1 aliphatic heterocycles. The summed E-state index contributed by atoms with van der Waals surface area (Å²) in [5.41, 5.74) is 0.947. The number of benzene rings is 1. The van der Waals surface area contributed by atoms with Crippen molar-refractivity contribution in [1.29, 1.82) is 0 Å². The maximum Gasteiger partial charge on any atom is 0.238 e. The van der Waals surface area contributed by atoms with E-state index in [0.717, 1.165) is 11.3 Å². The van der Waals surface area contributed by atoms with E-state index in [0.29, 0.717) is 5.82 Å². The Labute approximate surface area is 151 Å². The first-order valence-corrected chi connectivity index (χ1v) is 8.33. The molecule has 0 radical (unpaired) electrons. The van der Waals surface area contributed by atoms with Gasteiger partial charge in [-0.1, -0.05) is 12.1 Å². The van der Waals surface area contributed by atoms with Crippen molar-refractivity contribution in [3.63, 3.8) is 0 Å². The third-order valence-corrected chi connectivity index (χ3v) is 4.20. The SMILES string of the molecule is COc1ccc([C@@H](C)NC(=O)C2CC(=O)NC(c3ncccn3)N2)cc1. The molecule has 1 aromatic heterocycles. The fourth-order valence-corrected chi connectivity index (χ4v) is 2.76. The zero-order valence-corrected chi connectivity index (χ0v) is 14.6. The second-order valence-corrected chi connectivity index (χ2v) is 6.03. The Morgan fingerprint density at radius 3 is 2.62 bits per heavy atom. The van der Waals surface area contributed by atoms with Gasteiger partial charge in [0, 0.05) is 12.4 Å². The van der Waals surface area contributed by atoms with Crippen molar-refractivity contribution in [3.8, 4) is 5.75 Å². The van der Waals surface area contributed by atoms with E-state index in [1.807, 2.05) is 31.2 Å². The average Bonchev–Trinajstić information content (AvgIpc) is 2.68. The zero-order valence-electron chi connectivity index (χ0n) is 14.6. The maximum atomic E-state index is 12.6. The minimum Gasteiger partial charge on any atom is -0.497 e. The largest absolute Gasteiger partial charge is 0.497 e. The zero-order chi connectivity index (χ0) is 18.5. The van der Waals surface area contributed by atoms with Crippen molar-refractivity contribution in [1.82, 2.24) is 25.9 Å². The van der Waals surface area contributed by atoms with Gasteiger partial charge in [0.15, 0.2) is 5.82 Å². The normalized spacial score (nSPS) is 20.8. The van der Waals surface area contributed by atoms with Crippen LogP contribution in [0.1, 0.15) is 36.9 Å². The molecule has 136 valence electrons. The van der Waals surface area contributed by atoms with E-state index in [2.05, 4.69) is 25.9 Å². The summed E-state index contributed by atoms with van der Waals surface area (Å²) in [6.07, 6.45) is 2.64. The van der Waals surface area contributed by atoms with E-state index < -0.39 is 12.2 Å². The molecule has 3 atom stereocenters. The third-order valence-electron chi connectivity index (χ3n) is 4.20. The molecule has 2 amide bonds. The van der Waals surface area contributed by atoms with Gasteiger partial charge in [0.05, 0.1) is 25.6 Å². The van der Waals surface area contributed by atoms with Crippen LogP contribution in [0, 0.1) is 0 Å². The topological polar surface area (TPSA) is 105 Å². The van der Waals surface area contributed by atoms with E-state index in [9.17, 15) is 9.59 Å². The molecule has 8 heteroatoms. The number of nitrogens with zero attached hydrogens (tertiary/aromatic N) is 2. The molecule has 3 rings (SSSR count). The molecule has 2 unspecified atom stereocenters. The fourth-order valence-electron chi connectivity index (χ4n) is 2.76. The number of hydrogen-bond acceptors (Lipinski definition) is 6. The highest BCUT2D eigenvalue weighted by Gasteiger charge is 2.33. The predicted octanol–water partition coefficient (Wildman–Crippen LogP) is 0.839. The number of ether oxygens (including phenoxy) is 1. The standard InChI is InChI=1S/C18H21N5O3/c1-11(12-4-6-13(26-2)7-5-12)21-18(25)14-10-15(24)23-17(22-14)16-19-8-3-9-20-16/h3-9,11,14,17,22H,10H2,1-2H3,(H,21,25)(H,23,24)/t11-,14?,17?/m1/s1. The van der Waals surface area contributed by atoms with Crippen molar-refractivity contribution in [2.24, 2.45) is 0 Å². The molecule has 3 N–H and O–H groups in total. The fraction of sp³-hybridized carbons (Fsp3) is 0.333. The lowest BCUT2D eigenvalue weighted by atomic mass is 10.1. The van der Waals surface area contributed by atoms with Crippen molar-refractivity contribution in [2.75, 3.05) is 7.11 Å². The maximum absolute atomic E-state index is 12.6. The van der Waals surface area contributed by atoms with Gasteiger partial charge in [0.1, 0.15) is 11.9 Å². The number of methoxy groups -OCH3 is 1. The first kappa shape index (κ1) is 17.8. The van der Waals surface area contributed by atoms with Crippen LogP contribution >= 0.6 is 0 Å². The second kappa shape index (κ2) is 7.92. The van der Waals surface area contributed by atoms with Gasteiger partial charge in [-0.05, 0) is 30.7 Å². The Morgan fingerprint density at radius 1 is 1.27 bits per heavy atom. The lowest BCUT2D eigenvalue weighted by molar-refractivity contribution is -0.132. The van der Waals surface area contributed by atoms with Gasteiger partial charge < -0.3 is 15.4 Å². The Morgan fingerprint density at radius 2 is 1.96 bits per heavy atom. The number of amides is 2. The van der Waals surface area contributed by atoms with E-state index in [1.54, 1.807) is 25.6 Å². The third kappa shape index (κ3) is 4.15. The molecule has 1 saturated heterocycles. The summed E-state index contributed by atoms with van der Waals surface area (Å²) >= 11 is 0. The van der Waals surface area contributed by atoms with E-state index >= 15 is 0 Å². The molecule has 0 saturated carbocycles. The van der Waals surface area contributed by atoms with Crippen LogP contribution < -0.4 is 20.7 Å². The van der Waals surface area contributed by atoms with E-state index in [1.165, 1.54) is 0 Å². The Bertz CT molecular complexity index is 766. The molecule has 8 nitrogen and oxygen atoms in total. The number of carbonyl (C=O) groups excluding carboxylic acids is 2. The lowest BCUT2D eigenvalue weighted by Crippen LogP contribution is -2.56. The molecule has 0 spiro atoms. The summed E-state index contributed by atoms with van der Waals surface area (Å²) in [7, 11) is 1.60. The van der Waals surface area contributed by atoms with Gasteiger partial charge in [-0.25, -0.2) is 9.97 Å². The Kier molecular flexibility index (Phi) is 5.43. The van der Waals surface area contributed by atoms with Crippen LogP contribution in [0.25, 0.3) is 0 Å². The molecule has 26 heavy (non-hydrogen) atoms. The van der Waals surface area contributed by atoms with Gasteiger partial charge in [-0.3, -0.25) is 14.9 Å². The second-order valence-electron chi connectivity index (χ2n) is 6.03. The number of rotatable bonds is 5. The Balaban J connectivity index is 1.65. The minimum atomic E-state index is -0.654. The van der Waals surface area contributed by atoms with Crippen molar-refractivity contribution in [3.05, 3.63) is 54.1 Å². The molecule has 0 bridgehead atoms. The van der Waals surface area contributed by atoms with E-state index in [-0.39, 0.29) is 24.3 Å². The first-order chi connectivity index (χ1) is 12.6. The van der Waals surface area contributed by atoms with Crippen LogP contribution in [0.3, 0.4) is 0 Å². The van der Waals surface area contributed by atoms with Crippen molar-refractivity contribution >= 4 is 11.8 Å². The summed E-state index contributed by atoms with van der Waals surface area (Å²) in [6, 6.07) is 8.30. The quantitative estimate of drug-likeness (QED) is 0.734. The summed E-state index contributed by atoms with van der Waals surface area (Å²) in [4.78, 5) is 32.8. The summed E-state index contributed by atoms with van der Waals surface area (Å²) in [5, 5.41) is 8.77. The van der Waals surface area contributed by atoms with Crippen LogP contribution in [0.4, 0.5) is 0 Å². The van der Waals surface area contributed by atoms with Crippen LogP contribution in [-0.4, -0.2) is 34.9 Å². The van der Waals surface area contributed by atoms with Gasteiger partial charge in [-0.15, -0.1) is 0 Å². The molecular weight excluding hydrogens is 334 g/mol. The first-order valence-electron chi connectivity index (χ1n) is 8.33. The number of carbonyl (C=O) groups is 2. The van der Waals surface area contributed by atoms with Crippen LogP contribution in [0.2, 0.25) is 0 Å². The van der Waals surface area contributed by atoms with Crippen molar-refractivity contribution in [2.45, 2.75) is 31.6 Å². The number of nitrogens with one attached hydrogen (secondary N) is 3. The Hall–Kier alpha value is -3.00. The highest BCUT2D eigenvalue weighted by Crippen LogP contribution is 2.18. The summed E-state index contributed by atoms with van der Waals surface area (Å²) < 4.78 is 5.14. The minimum absolute atomic E-state index is 0.0600. The predicted molar refractivity (Wildman–Crippen MR) is 94.0 cm³/mol. The van der Waals surface area contributed by atoms with Crippen molar-refractivity contribution < 1.29 is 14.3 Å². The van der Waals surface area contributed by atoms with Crippen LogP contribution in [0.5, 0.6) is 5.75 Å². The molecule has 1 aromatic carbocycles. The number of aromatic nitrogens is 2. The molecule has 1 fully saturated rings. The van der Waals surface area contributed by atoms with E-state index in [4.69, 9.17) is 4.74 Å².